The van der Waals surface area contributed by atoms with Crippen LogP contribution in [0.2, 0.25) is 5.02 Å². The van der Waals surface area contributed by atoms with Crippen molar-refractivity contribution in [2.75, 3.05) is 0 Å². The van der Waals surface area contributed by atoms with E-state index in [1.807, 2.05) is 36.4 Å². The number of hydrogen-bond donors (Lipinski definition) is 3. The largest absolute Gasteiger partial charge is 0.352 e. The van der Waals surface area contributed by atoms with Crippen molar-refractivity contribution in [2.24, 2.45) is 5.73 Å². The van der Waals surface area contributed by atoms with Gasteiger partial charge < -0.3 is 16.0 Å². The number of nitrogens with two attached hydrogens (primary N) is 1. The molecular formula is C27H26Cl2N4O2. The molecule has 4 N–H and O–H groups in total. The summed E-state index contributed by atoms with van der Waals surface area (Å²) in [5, 5.41) is 4.50. The van der Waals surface area contributed by atoms with E-state index in [1.165, 1.54) is 0 Å². The van der Waals surface area contributed by atoms with Gasteiger partial charge in [0.1, 0.15) is 5.54 Å². The van der Waals surface area contributed by atoms with Crippen molar-refractivity contribution in [3.63, 3.8) is 0 Å². The Morgan fingerprint density at radius 2 is 1.71 bits per heavy atom. The third-order valence-electron chi connectivity index (χ3n) is 6.67. The molecule has 1 saturated carbocycles. The molecule has 6 nitrogen and oxygen atoms in total. The number of pyridine rings is 1. The maximum atomic E-state index is 13.6. The predicted octanol–water partition coefficient (Wildman–Crippen LogP) is 5.56. The SMILES string of the molecule is Cl.NC1(C(=O)c2cc3cc(Cl)ccc3[nH]2)CCCCC1NC(=O)c1ccc(-c2ccncc2)cc1. The highest BCUT2D eigenvalue weighted by Crippen LogP contribution is 2.31. The highest BCUT2D eigenvalue weighted by Gasteiger charge is 2.45. The quantitative estimate of drug-likeness (QED) is 0.307. The molecule has 1 amide bonds. The Kier molecular flexibility index (Phi) is 7.26. The van der Waals surface area contributed by atoms with Crippen molar-refractivity contribution in [2.45, 2.75) is 37.3 Å². The van der Waals surface area contributed by atoms with Gasteiger partial charge in [0.2, 0.25) is 5.78 Å². The number of aromatic nitrogens is 2. The summed E-state index contributed by atoms with van der Waals surface area (Å²) in [7, 11) is 0. The van der Waals surface area contributed by atoms with Crippen LogP contribution in [0, 0.1) is 0 Å². The van der Waals surface area contributed by atoms with Crippen LogP contribution in [0.15, 0.2) is 73.1 Å². The van der Waals surface area contributed by atoms with Gasteiger partial charge in [0, 0.05) is 33.9 Å². The lowest BCUT2D eigenvalue weighted by molar-refractivity contribution is 0.0755. The second-order valence-electron chi connectivity index (χ2n) is 8.87. The van der Waals surface area contributed by atoms with Gasteiger partial charge in [-0.05, 0) is 72.5 Å². The smallest absolute Gasteiger partial charge is 0.251 e. The highest BCUT2D eigenvalue weighted by atomic mass is 35.5. The molecule has 2 aromatic carbocycles. The number of amides is 1. The molecule has 1 fully saturated rings. The van der Waals surface area contributed by atoms with E-state index >= 15 is 0 Å². The standard InChI is InChI=1S/C27H25ClN4O2.ClH/c28-21-8-9-22-20(15-21)16-23(31-22)25(33)27(29)12-2-1-3-24(27)32-26(34)19-6-4-17(5-7-19)18-10-13-30-14-11-18;/h4-11,13-16,24,31H,1-3,12,29H2,(H,32,34);1H. The average molecular weight is 509 g/mol. The molecule has 2 aromatic heterocycles. The van der Waals surface area contributed by atoms with E-state index in [1.54, 1.807) is 36.7 Å². The summed E-state index contributed by atoms with van der Waals surface area (Å²) in [4.78, 5) is 33.8. The Labute approximate surface area is 214 Å². The number of benzene rings is 2. The zero-order valence-corrected chi connectivity index (χ0v) is 20.5. The molecule has 4 aromatic rings. The first kappa shape index (κ1) is 24.9. The lowest BCUT2D eigenvalue weighted by Crippen LogP contribution is -2.64. The van der Waals surface area contributed by atoms with E-state index in [0.29, 0.717) is 29.1 Å². The minimum absolute atomic E-state index is 0. The van der Waals surface area contributed by atoms with Gasteiger partial charge in [0.05, 0.1) is 11.7 Å². The number of H-pyrrole nitrogens is 1. The summed E-state index contributed by atoms with van der Waals surface area (Å²) in [5.41, 5.74) is 9.36. The van der Waals surface area contributed by atoms with Crippen molar-refractivity contribution in [1.29, 1.82) is 0 Å². The molecule has 35 heavy (non-hydrogen) atoms. The number of aromatic amines is 1. The number of rotatable bonds is 5. The first-order valence-corrected chi connectivity index (χ1v) is 11.8. The summed E-state index contributed by atoms with van der Waals surface area (Å²) in [5.74, 6) is -0.433. The van der Waals surface area contributed by atoms with E-state index in [-0.39, 0.29) is 24.1 Å². The molecule has 2 atom stereocenters. The van der Waals surface area contributed by atoms with Crippen molar-refractivity contribution in [3.05, 3.63) is 89.3 Å². The van der Waals surface area contributed by atoms with Crippen LogP contribution in [0.3, 0.4) is 0 Å². The number of Topliss-reactive ketones (excluding diaryl/α,β-unsaturated/α-hetero) is 1. The minimum atomic E-state index is -1.18. The van der Waals surface area contributed by atoms with Crippen molar-refractivity contribution in [3.8, 4) is 11.1 Å². The molecule has 180 valence electrons. The second kappa shape index (κ2) is 10.2. The Morgan fingerprint density at radius 1 is 1.00 bits per heavy atom. The van der Waals surface area contributed by atoms with Crippen LogP contribution in [0.25, 0.3) is 22.0 Å². The summed E-state index contributed by atoms with van der Waals surface area (Å²) < 4.78 is 0. The van der Waals surface area contributed by atoms with E-state index < -0.39 is 11.6 Å². The molecule has 1 aliphatic carbocycles. The number of fused-ring (bicyclic) bond motifs is 1. The van der Waals surface area contributed by atoms with Gasteiger partial charge in [0.15, 0.2) is 0 Å². The van der Waals surface area contributed by atoms with E-state index in [4.69, 9.17) is 17.3 Å². The zero-order chi connectivity index (χ0) is 23.7. The van der Waals surface area contributed by atoms with Crippen LogP contribution in [-0.2, 0) is 0 Å². The van der Waals surface area contributed by atoms with Gasteiger partial charge >= 0.3 is 0 Å². The predicted molar refractivity (Wildman–Crippen MR) is 141 cm³/mol. The minimum Gasteiger partial charge on any atom is -0.352 e. The van der Waals surface area contributed by atoms with Gasteiger partial charge in [-0.3, -0.25) is 14.6 Å². The summed E-state index contributed by atoms with van der Waals surface area (Å²) >= 11 is 6.09. The van der Waals surface area contributed by atoms with Gasteiger partial charge in [-0.25, -0.2) is 0 Å². The van der Waals surface area contributed by atoms with Crippen LogP contribution >= 0.6 is 24.0 Å². The molecule has 0 aliphatic heterocycles. The number of nitrogens with zero attached hydrogens (tertiary/aromatic N) is 1. The first-order chi connectivity index (χ1) is 16.4. The fourth-order valence-corrected chi connectivity index (χ4v) is 4.93. The van der Waals surface area contributed by atoms with E-state index in [0.717, 1.165) is 34.9 Å². The summed E-state index contributed by atoms with van der Waals surface area (Å²) in [6.07, 6.45) is 6.36. The summed E-state index contributed by atoms with van der Waals surface area (Å²) in [6.45, 7) is 0. The highest BCUT2D eigenvalue weighted by molar-refractivity contribution is 6.31. The zero-order valence-electron chi connectivity index (χ0n) is 19.0. The van der Waals surface area contributed by atoms with Gasteiger partial charge in [-0.2, -0.15) is 0 Å². The number of carbonyl (C=O) groups excluding carboxylic acids is 2. The second-order valence-corrected chi connectivity index (χ2v) is 9.31. The molecule has 2 unspecified atom stereocenters. The summed E-state index contributed by atoms with van der Waals surface area (Å²) in [6, 6.07) is 18.0. The fourth-order valence-electron chi connectivity index (χ4n) is 4.75. The maximum Gasteiger partial charge on any atom is 0.251 e. The molecule has 2 heterocycles. The molecule has 0 bridgehead atoms. The molecule has 0 radical (unpaired) electrons. The molecular weight excluding hydrogens is 483 g/mol. The molecule has 0 spiro atoms. The average Bonchev–Trinajstić information content (AvgIpc) is 3.28. The fraction of sp³-hybridized carbons (Fsp3) is 0.222. The number of halogens is 2. The van der Waals surface area contributed by atoms with Crippen LogP contribution in [-0.4, -0.2) is 33.2 Å². The first-order valence-electron chi connectivity index (χ1n) is 11.4. The van der Waals surface area contributed by atoms with Gasteiger partial charge in [-0.1, -0.05) is 36.6 Å². The number of ketones is 1. The Bertz CT molecular complexity index is 1350. The molecule has 8 heteroatoms. The van der Waals surface area contributed by atoms with Crippen LogP contribution in [0.5, 0.6) is 0 Å². The maximum absolute atomic E-state index is 13.6. The van der Waals surface area contributed by atoms with Gasteiger partial charge in [-0.15, -0.1) is 12.4 Å². The van der Waals surface area contributed by atoms with E-state index in [2.05, 4.69) is 15.3 Å². The monoisotopic (exact) mass is 508 g/mol. The van der Waals surface area contributed by atoms with Crippen LogP contribution in [0.1, 0.15) is 46.5 Å². The number of carbonyl (C=O) groups is 2. The van der Waals surface area contributed by atoms with Crippen molar-refractivity contribution < 1.29 is 9.59 Å². The Balaban J connectivity index is 0.00000289. The van der Waals surface area contributed by atoms with Crippen molar-refractivity contribution in [1.82, 2.24) is 15.3 Å². The lowest BCUT2D eigenvalue weighted by atomic mass is 9.74. The third-order valence-corrected chi connectivity index (χ3v) is 6.91. The van der Waals surface area contributed by atoms with Crippen molar-refractivity contribution >= 4 is 46.6 Å². The molecule has 1 aliphatic rings. The lowest BCUT2D eigenvalue weighted by Gasteiger charge is -2.40. The van der Waals surface area contributed by atoms with Crippen LogP contribution < -0.4 is 11.1 Å². The van der Waals surface area contributed by atoms with Gasteiger partial charge in [0.25, 0.3) is 5.91 Å². The normalized spacial score (nSPS) is 19.7. The van der Waals surface area contributed by atoms with E-state index in [9.17, 15) is 9.59 Å². The molecule has 0 saturated heterocycles. The Hall–Kier alpha value is -3.19. The Morgan fingerprint density at radius 3 is 2.46 bits per heavy atom. The van der Waals surface area contributed by atoms with Crippen LogP contribution in [0.4, 0.5) is 0 Å². The number of nitrogens with one attached hydrogen (secondary N) is 2. The molecule has 5 rings (SSSR count). The third kappa shape index (κ3) is 4.96. The number of hydrogen-bond acceptors (Lipinski definition) is 4. The topological polar surface area (TPSA) is 101 Å².